The van der Waals surface area contributed by atoms with Crippen LogP contribution in [0.15, 0.2) is 12.1 Å². The van der Waals surface area contributed by atoms with Crippen molar-refractivity contribution in [3.8, 4) is 29.0 Å². The lowest BCUT2D eigenvalue weighted by molar-refractivity contribution is 0.0955. The molecule has 8 rings (SSSR count). The van der Waals surface area contributed by atoms with E-state index in [0.29, 0.717) is 30.4 Å². The lowest BCUT2D eigenvalue weighted by Crippen LogP contribution is -2.62. The van der Waals surface area contributed by atoms with E-state index in [0.717, 1.165) is 56.7 Å². The summed E-state index contributed by atoms with van der Waals surface area (Å²) < 4.78 is 45.3. The number of anilines is 2. The molecule has 47 heavy (non-hydrogen) atoms. The highest BCUT2D eigenvalue weighted by atomic mass is 35.5. The quantitative estimate of drug-likeness (QED) is 0.250. The van der Waals surface area contributed by atoms with Gasteiger partial charge in [0.15, 0.2) is 11.6 Å². The number of fused-ring (bicyclic) bond motifs is 4. The van der Waals surface area contributed by atoms with E-state index in [9.17, 15) is 5.26 Å². The molecule has 4 aliphatic heterocycles. The number of ether oxygens (including phenoxy) is 2. The van der Waals surface area contributed by atoms with Gasteiger partial charge in [-0.1, -0.05) is 17.7 Å². The van der Waals surface area contributed by atoms with E-state index < -0.39 is 11.6 Å². The third-order valence-electron chi connectivity index (χ3n) is 10.8. The smallest absolute Gasteiger partial charge is 0.319 e. The Morgan fingerprint density at radius 3 is 2.66 bits per heavy atom. The average Bonchev–Trinajstić information content (AvgIpc) is 3.70. The van der Waals surface area contributed by atoms with E-state index >= 15 is 8.78 Å². The number of halogens is 3. The number of nitriles is 1. The van der Waals surface area contributed by atoms with Gasteiger partial charge in [0.25, 0.3) is 0 Å². The van der Waals surface area contributed by atoms with Crippen LogP contribution in [0.4, 0.5) is 19.6 Å². The Labute approximate surface area is 280 Å². The highest BCUT2D eigenvalue weighted by Gasteiger charge is 2.46. The predicted octanol–water partition coefficient (Wildman–Crippen LogP) is 6.58. The molecule has 2 N–H and O–H groups in total. The first-order chi connectivity index (χ1) is 22.6. The number of hydrogen-bond donors (Lipinski definition) is 1. The fourth-order valence-electron chi connectivity index (χ4n) is 8.51. The maximum Gasteiger partial charge on any atom is 0.319 e. The number of nitrogens with zero attached hydrogens (tertiary/aromatic N) is 6. The first kappa shape index (κ1) is 30.8. The summed E-state index contributed by atoms with van der Waals surface area (Å²) in [6, 6.07) is 5.16. The van der Waals surface area contributed by atoms with Crippen LogP contribution in [0.2, 0.25) is 5.02 Å². The molecule has 2 aromatic heterocycles. The first-order valence-corrected chi connectivity index (χ1v) is 17.5. The molecule has 0 aliphatic carbocycles. The Hall–Kier alpha value is -3.50. The summed E-state index contributed by atoms with van der Waals surface area (Å²) in [6.45, 7) is 10.8. The van der Waals surface area contributed by atoms with E-state index in [2.05, 4.69) is 41.5 Å². The molecule has 3 fully saturated rings. The summed E-state index contributed by atoms with van der Waals surface area (Å²) in [5.74, 6) is -0.491. The van der Waals surface area contributed by atoms with Gasteiger partial charge in [-0.25, -0.2) is 8.78 Å². The second kappa shape index (κ2) is 11.3. The van der Waals surface area contributed by atoms with Crippen molar-refractivity contribution in [2.45, 2.75) is 70.1 Å². The maximum absolute atomic E-state index is 17.2. The van der Waals surface area contributed by atoms with Gasteiger partial charge in [0, 0.05) is 36.1 Å². The Morgan fingerprint density at radius 1 is 1.17 bits per heavy atom. The van der Waals surface area contributed by atoms with E-state index in [1.54, 1.807) is 0 Å². The van der Waals surface area contributed by atoms with Crippen molar-refractivity contribution in [1.29, 1.82) is 5.26 Å². The number of piperazine rings is 1. The summed E-state index contributed by atoms with van der Waals surface area (Å²) in [7, 11) is 0. The molecule has 1 unspecified atom stereocenters. The van der Waals surface area contributed by atoms with Crippen molar-refractivity contribution >= 4 is 54.7 Å². The lowest BCUT2D eigenvalue weighted by atomic mass is 9.95. The summed E-state index contributed by atoms with van der Waals surface area (Å²) in [5, 5.41) is 10.7. The van der Waals surface area contributed by atoms with Crippen LogP contribution in [0.1, 0.15) is 52.0 Å². The second-order valence-electron chi connectivity index (χ2n) is 13.5. The molecule has 13 heteroatoms. The topological polar surface area (TPSA) is 104 Å². The Balaban J connectivity index is 1.35. The van der Waals surface area contributed by atoms with Gasteiger partial charge in [0.2, 0.25) is 0 Å². The number of nitrogens with two attached hydrogens (primary N) is 1. The molecule has 3 saturated heterocycles. The first-order valence-electron chi connectivity index (χ1n) is 16.3. The van der Waals surface area contributed by atoms with Gasteiger partial charge in [-0.05, 0) is 71.2 Å². The lowest BCUT2D eigenvalue weighted by Gasteiger charge is -2.47. The fourth-order valence-corrected chi connectivity index (χ4v) is 9.79. The molecule has 0 spiro atoms. The van der Waals surface area contributed by atoms with Gasteiger partial charge >= 0.3 is 6.01 Å². The summed E-state index contributed by atoms with van der Waals surface area (Å²) in [4.78, 5) is 16.8. The Kier molecular flexibility index (Phi) is 7.40. The zero-order valence-electron chi connectivity index (χ0n) is 26.6. The minimum atomic E-state index is -0.721. The highest BCUT2D eigenvalue weighted by Crippen LogP contribution is 2.51. The Bertz CT molecular complexity index is 1970. The minimum Gasteiger partial charge on any atom is -0.489 e. The zero-order valence-corrected chi connectivity index (χ0v) is 28.1. The monoisotopic (exact) mass is 679 g/mol. The molecule has 4 aliphatic rings. The van der Waals surface area contributed by atoms with Crippen molar-refractivity contribution in [2.24, 2.45) is 0 Å². The summed E-state index contributed by atoms with van der Waals surface area (Å²) in [6.07, 6.45) is 4.33. The third-order valence-corrected chi connectivity index (χ3v) is 12.2. The molecule has 2 aromatic carbocycles. The SMILES string of the molecule is CC(C)N1CCN2c3nc(OCC45CCCN4CCC5)nc4c(F)c(-c5ccc(F)c6sc(N)c(C#N)c56)c(Cl)c(c34)OC[C@@H]2C1C. The van der Waals surface area contributed by atoms with Gasteiger partial charge < -0.3 is 20.1 Å². The average molecular weight is 680 g/mol. The van der Waals surface area contributed by atoms with Crippen LogP contribution >= 0.6 is 22.9 Å². The molecule has 0 amide bonds. The summed E-state index contributed by atoms with van der Waals surface area (Å²) >= 11 is 8.07. The van der Waals surface area contributed by atoms with Crippen molar-refractivity contribution in [2.75, 3.05) is 50.0 Å². The number of nitrogen functional groups attached to an aromatic ring is 1. The fraction of sp³-hybridized carbons (Fsp3) is 0.500. The van der Waals surface area contributed by atoms with E-state index in [1.165, 1.54) is 12.1 Å². The highest BCUT2D eigenvalue weighted by molar-refractivity contribution is 7.23. The van der Waals surface area contributed by atoms with Crippen LogP contribution in [-0.4, -0.2) is 82.8 Å². The van der Waals surface area contributed by atoms with Crippen LogP contribution in [0.25, 0.3) is 32.1 Å². The molecular weight excluding hydrogens is 644 g/mol. The minimum absolute atomic E-state index is 0.00498. The second-order valence-corrected chi connectivity index (χ2v) is 14.9. The molecular formula is C34H36ClF2N7O2S. The Morgan fingerprint density at radius 2 is 1.94 bits per heavy atom. The molecule has 0 bridgehead atoms. The predicted molar refractivity (Wildman–Crippen MR) is 181 cm³/mol. The molecule has 2 atom stereocenters. The number of aromatic nitrogens is 2. The van der Waals surface area contributed by atoms with Crippen LogP contribution in [-0.2, 0) is 0 Å². The van der Waals surface area contributed by atoms with E-state index in [-0.39, 0.29) is 78.3 Å². The van der Waals surface area contributed by atoms with Crippen molar-refractivity contribution in [3.63, 3.8) is 0 Å². The van der Waals surface area contributed by atoms with E-state index in [1.807, 2.05) is 0 Å². The van der Waals surface area contributed by atoms with Gasteiger partial charge in [-0.2, -0.15) is 15.2 Å². The van der Waals surface area contributed by atoms with Crippen LogP contribution < -0.4 is 20.1 Å². The third kappa shape index (κ3) is 4.57. The van der Waals surface area contributed by atoms with Crippen LogP contribution in [0, 0.1) is 23.0 Å². The van der Waals surface area contributed by atoms with Gasteiger partial charge in [-0.3, -0.25) is 9.80 Å². The van der Waals surface area contributed by atoms with Crippen LogP contribution in [0.5, 0.6) is 11.8 Å². The number of thiophene rings is 1. The van der Waals surface area contributed by atoms with Gasteiger partial charge in [-0.15, -0.1) is 11.3 Å². The van der Waals surface area contributed by atoms with Crippen molar-refractivity contribution < 1.29 is 18.3 Å². The van der Waals surface area contributed by atoms with Crippen molar-refractivity contribution in [3.05, 3.63) is 34.4 Å². The van der Waals surface area contributed by atoms with Gasteiger partial charge in [0.1, 0.15) is 41.4 Å². The van der Waals surface area contributed by atoms with Crippen LogP contribution in [0.3, 0.4) is 0 Å². The number of hydrogen-bond acceptors (Lipinski definition) is 10. The normalized spacial score (nSPS) is 22.4. The molecule has 4 aromatic rings. The number of benzene rings is 2. The van der Waals surface area contributed by atoms with E-state index in [4.69, 9.17) is 36.8 Å². The molecule has 0 saturated carbocycles. The standard InChI is InChI=1S/C34H36ClF2N7O2S/c1-17(2)43-12-13-44-22(18(43)3)15-45-29-25-28(40-33(41-32(25)44)46-16-34-8-4-10-42(34)11-5-9-34)27(37)24(26(29)35)19-6-7-21(36)30-23(19)20(14-38)31(39)47-30/h6-7,17-18,22H,4-5,8-13,15-16,39H2,1-3H3/t18?,22-/m1/s1. The summed E-state index contributed by atoms with van der Waals surface area (Å²) in [5.41, 5.74) is 6.37. The zero-order chi connectivity index (χ0) is 32.8. The molecule has 0 radical (unpaired) electrons. The molecule has 246 valence electrons. The number of rotatable bonds is 5. The van der Waals surface area contributed by atoms with Gasteiger partial charge in [0.05, 0.1) is 32.3 Å². The maximum atomic E-state index is 17.2. The van der Waals surface area contributed by atoms with Crippen molar-refractivity contribution in [1.82, 2.24) is 19.8 Å². The molecule has 6 heterocycles. The molecule has 9 nitrogen and oxygen atoms in total. The largest absolute Gasteiger partial charge is 0.489 e.